The molecule has 1 aliphatic carbocycles. The quantitative estimate of drug-likeness (QED) is 0.579. The fraction of sp³-hybridized carbons (Fsp3) is 0.286. The fourth-order valence-corrected chi connectivity index (χ4v) is 2.81. The third-order valence-corrected chi connectivity index (χ3v) is 3.75. The lowest BCUT2D eigenvalue weighted by atomic mass is 9.94. The van der Waals surface area contributed by atoms with Crippen molar-refractivity contribution in [1.29, 1.82) is 0 Å². The minimum Gasteiger partial charge on any atom is -0.278 e. The van der Waals surface area contributed by atoms with E-state index in [2.05, 4.69) is 6.58 Å². The molecule has 2 atom stereocenters. The molecule has 2 fully saturated rings. The van der Waals surface area contributed by atoms with Gasteiger partial charge in [0.1, 0.15) is 0 Å². The van der Waals surface area contributed by atoms with Gasteiger partial charge in [0, 0.05) is 6.54 Å². The first-order valence-electron chi connectivity index (χ1n) is 5.74. The van der Waals surface area contributed by atoms with Gasteiger partial charge in [-0.15, -0.1) is 6.58 Å². The van der Waals surface area contributed by atoms with Crippen molar-refractivity contribution in [2.45, 2.75) is 11.8 Å². The predicted octanol–water partition coefficient (Wildman–Crippen LogP) is 1.50. The van der Waals surface area contributed by atoms with Gasteiger partial charge in [0.15, 0.2) is 0 Å². The molecule has 2 aliphatic rings. The van der Waals surface area contributed by atoms with Gasteiger partial charge in [0.25, 0.3) is 0 Å². The van der Waals surface area contributed by atoms with Gasteiger partial charge in [-0.05, 0) is 12.0 Å². The first kappa shape index (κ1) is 10.3. The van der Waals surface area contributed by atoms with Crippen molar-refractivity contribution in [3.8, 4) is 0 Å². The summed E-state index contributed by atoms with van der Waals surface area (Å²) >= 11 is 0. The number of amides is 2. The maximum absolute atomic E-state index is 12.3. The Kier molecular flexibility index (Phi) is 1.99. The minimum atomic E-state index is -0.554. The Morgan fingerprint density at radius 3 is 2.71 bits per heavy atom. The summed E-state index contributed by atoms with van der Waals surface area (Å²) in [5, 5.41) is 0. The third kappa shape index (κ3) is 1.16. The lowest BCUT2D eigenvalue weighted by molar-refractivity contribution is -0.141. The molecule has 1 saturated heterocycles. The minimum absolute atomic E-state index is 0.0428. The number of piperidine rings is 1. The SMILES string of the molecule is C=CCN1C(=O)C2CC2(c2ccccc2)C1=O. The standard InChI is InChI=1S/C14H13NO2/c1-2-8-15-12(16)11-9-14(11,13(15)17)10-6-4-3-5-7-10/h2-7,11H,1,8-9H2. The smallest absolute Gasteiger partial charge is 0.240 e. The Hall–Kier alpha value is -1.90. The molecule has 2 amide bonds. The second-order valence-corrected chi connectivity index (χ2v) is 4.64. The lowest BCUT2D eigenvalue weighted by Gasteiger charge is -2.17. The van der Waals surface area contributed by atoms with E-state index >= 15 is 0 Å². The number of fused-ring (bicyclic) bond motifs is 1. The van der Waals surface area contributed by atoms with Gasteiger partial charge in [-0.1, -0.05) is 36.4 Å². The number of hydrogen-bond donors (Lipinski definition) is 0. The fourth-order valence-electron chi connectivity index (χ4n) is 2.81. The number of carbonyl (C=O) groups excluding carboxylic acids is 2. The molecule has 0 radical (unpaired) electrons. The van der Waals surface area contributed by atoms with Crippen LogP contribution >= 0.6 is 0 Å². The molecule has 1 heterocycles. The van der Waals surface area contributed by atoms with Crippen LogP contribution in [0.1, 0.15) is 12.0 Å². The number of nitrogens with zero attached hydrogens (tertiary/aromatic N) is 1. The van der Waals surface area contributed by atoms with Crippen molar-refractivity contribution in [2.24, 2.45) is 5.92 Å². The summed E-state index contributed by atoms with van der Waals surface area (Å²) in [7, 11) is 0. The molecule has 17 heavy (non-hydrogen) atoms. The number of rotatable bonds is 3. The van der Waals surface area contributed by atoms with E-state index in [9.17, 15) is 9.59 Å². The lowest BCUT2D eigenvalue weighted by Crippen LogP contribution is -2.36. The summed E-state index contributed by atoms with van der Waals surface area (Å²) in [6.07, 6.45) is 2.27. The van der Waals surface area contributed by atoms with Crippen molar-refractivity contribution in [1.82, 2.24) is 4.90 Å². The molecule has 1 aromatic rings. The van der Waals surface area contributed by atoms with Gasteiger partial charge in [-0.25, -0.2) is 0 Å². The number of hydrogen-bond acceptors (Lipinski definition) is 2. The van der Waals surface area contributed by atoms with Crippen LogP contribution in [0, 0.1) is 5.92 Å². The predicted molar refractivity (Wildman–Crippen MR) is 63.1 cm³/mol. The summed E-state index contributed by atoms with van der Waals surface area (Å²) in [6.45, 7) is 3.90. The Morgan fingerprint density at radius 2 is 2.06 bits per heavy atom. The van der Waals surface area contributed by atoms with Crippen molar-refractivity contribution < 1.29 is 9.59 Å². The van der Waals surface area contributed by atoms with E-state index in [1.165, 1.54) is 4.90 Å². The maximum atomic E-state index is 12.3. The molecule has 1 aliphatic heterocycles. The Bertz CT molecular complexity index is 508. The Labute approximate surface area is 99.7 Å². The molecule has 86 valence electrons. The first-order chi connectivity index (χ1) is 8.21. The van der Waals surface area contributed by atoms with E-state index in [1.807, 2.05) is 30.3 Å². The summed E-state index contributed by atoms with van der Waals surface area (Å²) in [5.74, 6) is -0.241. The molecular formula is C14H13NO2. The van der Waals surface area contributed by atoms with Crippen molar-refractivity contribution in [3.05, 3.63) is 48.6 Å². The second-order valence-electron chi connectivity index (χ2n) is 4.64. The Morgan fingerprint density at radius 1 is 1.35 bits per heavy atom. The van der Waals surface area contributed by atoms with Crippen LogP contribution in [0.5, 0.6) is 0 Å². The first-order valence-corrected chi connectivity index (χ1v) is 5.74. The van der Waals surface area contributed by atoms with Crippen LogP contribution in [0.3, 0.4) is 0 Å². The van der Waals surface area contributed by atoms with Crippen molar-refractivity contribution in [2.75, 3.05) is 6.54 Å². The molecule has 2 unspecified atom stereocenters. The molecular weight excluding hydrogens is 214 g/mol. The number of imide groups is 1. The van der Waals surface area contributed by atoms with Crippen LogP contribution in [0.15, 0.2) is 43.0 Å². The van der Waals surface area contributed by atoms with Crippen molar-refractivity contribution >= 4 is 11.8 Å². The zero-order chi connectivity index (χ0) is 12.0. The highest BCUT2D eigenvalue weighted by Crippen LogP contribution is 2.60. The van der Waals surface area contributed by atoms with Crippen LogP contribution in [0.4, 0.5) is 0 Å². The van der Waals surface area contributed by atoms with Crippen LogP contribution in [0.25, 0.3) is 0 Å². The van der Waals surface area contributed by atoms with Crippen molar-refractivity contribution in [3.63, 3.8) is 0 Å². The highest BCUT2D eigenvalue weighted by atomic mass is 16.2. The van der Waals surface area contributed by atoms with Gasteiger partial charge in [-0.2, -0.15) is 0 Å². The van der Waals surface area contributed by atoms with E-state index in [4.69, 9.17) is 0 Å². The zero-order valence-corrected chi connectivity index (χ0v) is 9.43. The number of benzene rings is 1. The summed E-state index contributed by atoms with van der Waals surface area (Å²) in [5.41, 5.74) is 0.413. The van der Waals surface area contributed by atoms with Gasteiger partial charge < -0.3 is 0 Å². The largest absolute Gasteiger partial charge is 0.278 e. The van der Waals surface area contributed by atoms with Crippen LogP contribution in [0.2, 0.25) is 0 Å². The van der Waals surface area contributed by atoms with Crippen LogP contribution in [-0.2, 0) is 15.0 Å². The van der Waals surface area contributed by atoms with E-state index in [-0.39, 0.29) is 17.7 Å². The Balaban J connectivity index is 2.00. The normalized spacial score (nSPS) is 30.4. The molecule has 0 aromatic heterocycles. The average molecular weight is 227 g/mol. The molecule has 0 N–H and O–H groups in total. The molecule has 3 heteroatoms. The number of likely N-dealkylation sites (tertiary alicyclic amines) is 1. The van der Waals surface area contributed by atoms with E-state index < -0.39 is 5.41 Å². The van der Waals surface area contributed by atoms with Crippen LogP contribution < -0.4 is 0 Å². The molecule has 3 nitrogen and oxygen atoms in total. The van der Waals surface area contributed by atoms with Gasteiger partial charge in [-0.3, -0.25) is 14.5 Å². The summed E-state index contributed by atoms with van der Waals surface area (Å²) in [6, 6.07) is 9.60. The van der Waals surface area contributed by atoms with Gasteiger partial charge in [0.05, 0.1) is 11.3 Å². The second kappa shape index (κ2) is 3.29. The van der Waals surface area contributed by atoms with E-state index in [0.717, 1.165) is 5.56 Å². The third-order valence-electron chi connectivity index (χ3n) is 3.75. The maximum Gasteiger partial charge on any atom is 0.240 e. The monoisotopic (exact) mass is 227 g/mol. The summed E-state index contributed by atoms with van der Waals surface area (Å²) in [4.78, 5) is 25.6. The van der Waals surface area contributed by atoms with Crippen LogP contribution in [-0.4, -0.2) is 23.3 Å². The van der Waals surface area contributed by atoms with E-state index in [0.29, 0.717) is 13.0 Å². The average Bonchev–Trinajstić information content (AvgIpc) is 3.08. The van der Waals surface area contributed by atoms with Gasteiger partial charge in [0.2, 0.25) is 11.8 Å². The summed E-state index contributed by atoms with van der Waals surface area (Å²) < 4.78 is 0. The van der Waals surface area contributed by atoms with E-state index in [1.54, 1.807) is 6.08 Å². The van der Waals surface area contributed by atoms with Gasteiger partial charge >= 0.3 is 0 Å². The highest BCUT2D eigenvalue weighted by molar-refractivity contribution is 6.15. The molecule has 0 spiro atoms. The molecule has 0 bridgehead atoms. The topological polar surface area (TPSA) is 37.4 Å². The highest BCUT2D eigenvalue weighted by Gasteiger charge is 2.72. The number of carbonyl (C=O) groups is 2. The molecule has 1 saturated carbocycles. The molecule has 1 aromatic carbocycles. The zero-order valence-electron chi connectivity index (χ0n) is 9.43. The molecule has 3 rings (SSSR count).